The first-order valence-electron chi connectivity index (χ1n) is 7.43. The van der Waals surface area contributed by atoms with Gasteiger partial charge < -0.3 is 5.73 Å². The Kier molecular flexibility index (Phi) is 7.49. The molecule has 0 saturated heterocycles. The predicted octanol–water partition coefficient (Wildman–Crippen LogP) is 3.87. The standard InChI is InChI=1S/C15H25ClN2O2S/c1-3-4-5-6-7-8-9-18-21(19,20)15-11-13(16)10-14(17)12(15)2/h10-11,18H,3-9,17H2,1-2H3. The lowest BCUT2D eigenvalue weighted by molar-refractivity contribution is 0.567. The number of hydrogen-bond acceptors (Lipinski definition) is 3. The van der Waals surface area contributed by atoms with E-state index in [-0.39, 0.29) is 4.90 Å². The van der Waals surface area contributed by atoms with Crippen molar-refractivity contribution in [3.63, 3.8) is 0 Å². The largest absolute Gasteiger partial charge is 0.398 e. The van der Waals surface area contributed by atoms with E-state index in [1.807, 2.05) is 0 Å². The van der Waals surface area contributed by atoms with E-state index in [2.05, 4.69) is 11.6 Å². The van der Waals surface area contributed by atoms with Gasteiger partial charge in [0.05, 0.1) is 4.90 Å². The predicted molar refractivity (Wildman–Crippen MR) is 89.2 cm³/mol. The van der Waals surface area contributed by atoms with Crippen LogP contribution in [0.5, 0.6) is 0 Å². The number of nitrogen functional groups attached to an aromatic ring is 1. The van der Waals surface area contributed by atoms with Gasteiger partial charge in [-0.25, -0.2) is 13.1 Å². The van der Waals surface area contributed by atoms with Crippen molar-refractivity contribution in [3.05, 3.63) is 22.7 Å². The molecule has 0 heterocycles. The molecule has 0 radical (unpaired) electrons. The van der Waals surface area contributed by atoms with Gasteiger partial charge in [0.2, 0.25) is 10.0 Å². The Morgan fingerprint density at radius 1 is 1.14 bits per heavy atom. The Balaban J connectivity index is 2.55. The number of rotatable bonds is 9. The molecule has 0 aliphatic carbocycles. The van der Waals surface area contributed by atoms with E-state index in [0.717, 1.165) is 19.3 Å². The highest BCUT2D eigenvalue weighted by Crippen LogP contribution is 2.25. The fourth-order valence-corrected chi connectivity index (χ4v) is 3.81. The number of halogens is 1. The van der Waals surface area contributed by atoms with Crippen LogP contribution in [0, 0.1) is 6.92 Å². The Morgan fingerprint density at radius 2 is 1.76 bits per heavy atom. The van der Waals surface area contributed by atoms with Crippen LogP contribution in [-0.4, -0.2) is 15.0 Å². The Hall–Kier alpha value is -0.780. The highest BCUT2D eigenvalue weighted by molar-refractivity contribution is 7.89. The number of unbranched alkanes of at least 4 members (excludes halogenated alkanes) is 5. The van der Waals surface area contributed by atoms with Gasteiger partial charge in [0.15, 0.2) is 0 Å². The smallest absolute Gasteiger partial charge is 0.240 e. The minimum atomic E-state index is -3.55. The van der Waals surface area contributed by atoms with E-state index in [9.17, 15) is 8.42 Å². The fraction of sp³-hybridized carbons (Fsp3) is 0.600. The van der Waals surface area contributed by atoms with Crippen LogP contribution < -0.4 is 10.5 Å². The van der Waals surface area contributed by atoms with Gasteiger partial charge in [-0.05, 0) is 31.0 Å². The Morgan fingerprint density at radius 3 is 2.43 bits per heavy atom. The van der Waals surface area contributed by atoms with Gasteiger partial charge in [-0.2, -0.15) is 0 Å². The summed E-state index contributed by atoms with van der Waals surface area (Å²) in [6.45, 7) is 4.30. The zero-order valence-corrected chi connectivity index (χ0v) is 14.4. The van der Waals surface area contributed by atoms with Gasteiger partial charge in [0.1, 0.15) is 0 Å². The third kappa shape index (κ3) is 5.85. The van der Waals surface area contributed by atoms with E-state index in [4.69, 9.17) is 17.3 Å². The van der Waals surface area contributed by atoms with Gasteiger partial charge in [-0.1, -0.05) is 50.6 Å². The summed E-state index contributed by atoms with van der Waals surface area (Å²) in [5.74, 6) is 0. The maximum absolute atomic E-state index is 12.3. The number of nitrogens with one attached hydrogen (secondary N) is 1. The molecule has 0 bridgehead atoms. The molecule has 0 saturated carbocycles. The minimum Gasteiger partial charge on any atom is -0.398 e. The Bertz CT molecular complexity index is 559. The van der Waals surface area contributed by atoms with Crippen LogP contribution in [-0.2, 0) is 10.0 Å². The van der Waals surface area contributed by atoms with Crippen LogP contribution in [0.25, 0.3) is 0 Å². The van der Waals surface area contributed by atoms with Gasteiger partial charge in [0, 0.05) is 17.3 Å². The number of sulfonamides is 1. The van der Waals surface area contributed by atoms with Gasteiger partial charge in [-0.15, -0.1) is 0 Å². The molecule has 0 atom stereocenters. The van der Waals surface area contributed by atoms with Gasteiger partial charge in [-0.3, -0.25) is 0 Å². The average Bonchev–Trinajstić information content (AvgIpc) is 2.41. The second kappa shape index (κ2) is 8.61. The van der Waals surface area contributed by atoms with Crippen molar-refractivity contribution in [1.29, 1.82) is 0 Å². The first-order valence-corrected chi connectivity index (χ1v) is 9.30. The normalized spacial score (nSPS) is 11.8. The van der Waals surface area contributed by atoms with Gasteiger partial charge >= 0.3 is 0 Å². The lowest BCUT2D eigenvalue weighted by Gasteiger charge is -2.11. The summed E-state index contributed by atoms with van der Waals surface area (Å²) in [4.78, 5) is 0.165. The average molecular weight is 333 g/mol. The minimum absolute atomic E-state index is 0.165. The Labute approximate surface area is 133 Å². The van der Waals surface area contributed by atoms with Crippen LogP contribution in [0.15, 0.2) is 17.0 Å². The molecular weight excluding hydrogens is 308 g/mol. The second-order valence-electron chi connectivity index (χ2n) is 5.28. The molecule has 6 heteroatoms. The van der Waals surface area contributed by atoms with Crippen LogP contribution in [0.3, 0.4) is 0 Å². The topological polar surface area (TPSA) is 72.2 Å². The van der Waals surface area contributed by atoms with Crippen molar-refractivity contribution >= 4 is 27.3 Å². The van der Waals surface area contributed by atoms with Crippen LogP contribution in [0.1, 0.15) is 51.0 Å². The third-order valence-electron chi connectivity index (χ3n) is 3.48. The molecule has 0 fully saturated rings. The van der Waals surface area contributed by atoms with Crippen molar-refractivity contribution in [1.82, 2.24) is 4.72 Å². The monoisotopic (exact) mass is 332 g/mol. The molecule has 0 spiro atoms. The van der Waals surface area contributed by atoms with Crippen LogP contribution in [0.4, 0.5) is 5.69 Å². The molecule has 0 aliphatic rings. The molecule has 0 unspecified atom stereocenters. The summed E-state index contributed by atoms with van der Waals surface area (Å²) in [6, 6.07) is 3.00. The summed E-state index contributed by atoms with van der Waals surface area (Å²) in [6.07, 6.45) is 6.71. The number of anilines is 1. The number of benzene rings is 1. The molecule has 1 rings (SSSR count). The fourth-order valence-electron chi connectivity index (χ4n) is 2.14. The van der Waals surface area contributed by atoms with Crippen molar-refractivity contribution in [2.75, 3.05) is 12.3 Å². The molecule has 21 heavy (non-hydrogen) atoms. The van der Waals surface area contributed by atoms with Gasteiger partial charge in [0.25, 0.3) is 0 Å². The molecule has 0 amide bonds. The van der Waals surface area contributed by atoms with Crippen LogP contribution >= 0.6 is 11.6 Å². The molecule has 0 aliphatic heterocycles. The first kappa shape index (κ1) is 18.3. The number of nitrogens with two attached hydrogens (primary N) is 1. The molecular formula is C15H25ClN2O2S. The zero-order valence-electron chi connectivity index (χ0n) is 12.8. The highest BCUT2D eigenvalue weighted by atomic mass is 35.5. The molecule has 3 N–H and O–H groups in total. The molecule has 120 valence electrons. The summed E-state index contributed by atoms with van der Waals surface area (Å²) in [5, 5.41) is 0.332. The van der Waals surface area contributed by atoms with E-state index < -0.39 is 10.0 Å². The quantitative estimate of drug-likeness (QED) is 0.532. The molecule has 1 aromatic carbocycles. The number of hydrogen-bond donors (Lipinski definition) is 2. The first-order chi connectivity index (χ1) is 9.88. The maximum Gasteiger partial charge on any atom is 0.240 e. The molecule has 0 aromatic heterocycles. The van der Waals surface area contributed by atoms with Crippen LogP contribution in [0.2, 0.25) is 5.02 Å². The van der Waals surface area contributed by atoms with Crippen molar-refractivity contribution < 1.29 is 8.42 Å². The lowest BCUT2D eigenvalue weighted by Crippen LogP contribution is -2.25. The van der Waals surface area contributed by atoms with E-state index in [1.54, 1.807) is 13.0 Å². The van der Waals surface area contributed by atoms with Crippen molar-refractivity contribution in [3.8, 4) is 0 Å². The zero-order chi connectivity index (χ0) is 15.9. The summed E-state index contributed by atoms with van der Waals surface area (Å²) in [5.41, 5.74) is 6.69. The highest BCUT2D eigenvalue weighted by Gasteiger charge is 2.18. The van der Waals surface area contributed by atoms with E-state index in [1.165, 1.54) is 25.3 Å². The summed E-state index contributed by atoms with van der Waals surface area (Å²) >= 11 is 5.89. The van der Waals surface area contributed by atoms with E-state index in [0.29, 0.717) is 22.8 Å². The summed E-state index contributed by atoms with van der Waals surface area (Å²) < 4.78 is 27.2. The van der Waals surface area contributed by atoms with Crippen molar-refractivity contribution in [2.45, 2.75) is 57.3 Å². The lowest BCUT2D eigenvalue weighted by atomic mass is 10.1. The molecule has 4 nitrogen and oxygen atoms in total. The molecule has 1 aromatic rings. The maximum atomic E-state index is 12.3. The SMILES string of the molecule is CCCCCCCCNS(=O)(=O)c1cc(Cl)cc(N)c1C. The van der Waals surface area contributed by atoms with Crippen molar-refractivity contribution in [2.24, 2.45) is 0 Å². The summed E-state index contributed by atoms with van der Waals surface area (Å²) in [7, 11) is -3.55. The second-order valence-corrected chi connectivity index (χ2v) is 7.46. The third-order valence-corrected chi connectivity index (χ3v) is 5.28. The van der Waals surface area contributed by atoms with E-state index >= 15 is 0 Å².